The average molecular weight is 319 g/mol. The Morgan fingerprint density at radius 1 is 1.26 bits per heavy atom. The molecule has 0 spiro atoms. The van der Waals surface area contributed by atoms with E-state index in [2.05, 4.69) is 28.8 Å². The van der Waals surface area contributed by atoms with Crippen LogP contribution in [0.2, 0.25) is 0 Å². The van der Waals surface area contributed by atoms with E-state index in [0.717, 1.165) is 0 Å². The quantitative estimate of drug-likeness (QED) is 0.800. The van der Waals surface area contributed by atoms with E-state index in [1.54, 1.807) is 6.33 Å². The maximum Gasteiger partial charge on any atom is 0.165 e. The molecular formula is C16H25N5O2. The van der Waals surface area contributed by atoms with Crippen LogP contribution in [0.3, 0.4) is 0 Å². The van der Waals surface area contributed by atoms with Crippen LogP contribution in [0.5, 0.6) is 0 Å². The number of carbonyl (C=O) groups excluding carboxylic acids is 1. The molecule has 23 heavy (non-hydrogen) atoms. The van der Waals surface area contributed by atoms with Crippen molar-refractivity contribution in [3.63, 3.8) is 0 Å². The molecule has 0 bridgehead atoms. The summed E-state index contributed by atoms with van der Waals surface area (Å²) in [6.45, 7) is 9.08. The van der Waals surface area contributed by atoms with E-state index in [1.807, 2.05) is 18.4 Å². The second kappa shape index (κ2) is 7.50. The molecule has 0 saturated carbocycles. The molecule has 0 fully saturated rings. The molecule has 2 unspecified atom stereocenters. The molecule has 2 atom stereocenters. The largest absolute Gasteiger partial charge is 0.382 e. The van der Waals surface area contributed by atoms with E-state index in [-0.39, 0.29) is 17.8 Å². The Kier molecular flexibility index (Phi) is 5.65. The van der Waals surface area contributed by atoms with Crippen LogP contribution in [-0.4, -0.2) is 38.0 Å². The molecule has 2 aromatic rings. The average Bonchev–Trinajstić information content (AvgIpc) is 2.90. The van der Waals surface area contributed by atoms with Gasteiger partial charge in [0, 0.05) is 12.3 Å². The normalized spacial score (nSPS) is 14.3. The highest BCUT2D eigenvalue weighted by atomic mass is 16.5. The summed E-state index contributed by atoms with van der Waals surface area (Å²) in [6.07, 6.45) is 3.50. The number of anilines is 1. The van der Waals surface area contributed by atoms with Crippen molar-refractivity contribution < 1.29 is 9.53 Å². The summed E-state index contributed by atoms with van der Waals surface area (Å²) in [5, 5.41) is 0. The molecule has 0 amide bonds. The van der Waals surface area contributed by atoms with Gasteiger partial charge in [-0.25, -0.2) is 15.0 Å². The molecular weight excluding hydrogens is 294 g/mol. The minimum Gasteiger partial charge on any atom is -0.382 e. The topological polar surface area (TPSA) is 95.9 Å². The summed E-state index contributed by atoms with van der Waals surface area (Å²) < 4.78 is 7.64. The Labute approximate surface area is 136 Å². The van der Waals surface area contributed by atoms with Crippen molar-refractivity contribution in [3.8, 4) is 0 Å². The fraction of sp³-hybridized carbons (Fsp3) is 0.625. The van der Waals surface area contributed by atoms with Gasteiger partial charge in [0.2, 0.25) is 0 Å². The lowest BCUT2D eigenvalue weighted by molar-refractivity contribution is -0.125. The van der Waals surface area contributed by atoms with Crippen LogP contribution in [0.1, 0.15) is 34.1 Å². The number of carbonyl (C=O) groups is 1. The Balaban J connectivity index is 1.86. The zero-order chi connectivity index (χ0) is 17.0. The van der Waals surface area contributed by atoms with E-state index in [0.29, 0.717) is 42.5 Å². The lowest BCUT2D eigenvalue weighted by Gasteiger charge is -2.16. The number of Topliss-reactive ketones (excluding diaryl/α,β-unsaturated/α-hetero) is 1. The molecule has 0 aliphatic carbocycles. The number of imidazole rings is 1. The molecule has 7 heteroatoms. The molecule has 2 heterocycles. The first kappa shape index (κ1) is 17.3. The number of nitrogens with two attached hydrogens (primary N) is 1. The van der Waals surface area contributed by atoms with E-state index in [1.165, 1.54) is 6.33 Å². The Morgan fingerprint density at radius 3 is 2.70 bits per heavy atom. The SMILES string of the molecule is CC(Cn1cnc2c(N)ncnc21)OCCC(=O)C(C)C(C)C. The minimum absolute atomic E-state index is 0.0502. The first-order chi connectivity index (χ1) is 10.9. The zero-order valence-corrected chi connectivity index (χ0v) is 14.2. The number of ether oxygens (including phenoxy) is 1. The van der Waals surface area contributed by atoms with Gasteiger partial charge in [0.15, 0.2) is 11.5 Å². The molecule has 2 aromatic heterocycles. The van der Waals surface area contributed by atoms with Crippen LogP contribution in [0.15, 0.2) is 12.7 Å². The van der Waals surface area contributed by atoms with Gasteiger partial charge >= 0.3 is 0 Å². The Morgan fingerprint density at radius 2 is 2.00 bits per heavy atom. The fourth-order valence-corrected chi connectivity index (χ4v) is 2.32. The Bertz CT molecular complexity index is 668. The first-order valence-electron chi connectivity index (χ1n) is 7.95. The van der Waals surface area contributed by atoms with Gasteiger partial charge in [0.25, 0.3) is 0 Å². The van der Waals surface area contributed by atoms with Crippen molar-refractivity contribution in [3.05, 3.63) is 12.7 Å². The number of nitrogen functional groups attached to an aromatic ring is 1. The number of aromatic nitrogens is 4. The first-order valence-corrected chi connectivity index (χ1v) is 7.95. The highest BCUT2D eigenvalue weighted by molar-refractivity contribution is 5.81. The minimum atomic E-state index is -0.0502. The summed E-state index contributed by atoms with van der Waals surface area (Å²) >= 11 is 0. The lowest BCUT2D eigenvalue weighted by atomic mass is 9.92. The van der Waals surface area contributed by atoms with Crippen molar-refractivity contribution in [1.82, 2.24) is 19.5 Å². The van der Waals surface area contributed by atoms with Crippen molar-refractivity contribution >= 4 is 22.8 Å². The van der Waals surface area contributed by atoms with Crippen LogP contribution in [0, 0.1) is 11.8 Å². The number of nitrogens with zero attached hydrogens (tertiary/aromatic N) is 4. The number of hydrogen-bond acceptors (Lipinski definition) is 6. The smallest absolute Gasteiger partial charge is 0.165 e. The highest BCUT2D eigenvalue weighted by Crippen LogP contribution is 2.15. The molecule has 7 nitrogen and oxygen atoms in total. The third-order valence-electron chi connectivity index (χ3n) is 4.14. The summed E-state index contributed by atoms with van der Waals surface area (Å²) in [5.41, 5.74) is 7.06. The molecule has 0 saturated heterocycles. The predicted octanol–water partition coefficient (Wildman–Crippen LogP) is 2.06. The van der Waals surface area contributed by atoms with Crippen molar-refractivity contribution in [2.45, 2.75) is 46.8 Å². The second-order valence-corrected chi connectivity index (χ2v) is 6.26. The van der Waals surface area contributed by atoms with Crippen LogP contribution in [-0.2, 0) is 16.1 Å². The maximum atomic E-state index is 12.0. The van der Waals surface area contributed by atoms with Crippen LogP contribution in [0.4, 0.5) is 5.82 Å². The Hall–Kier alpha value is -2.02. The summed E-state index contributed by atoms with van der Waals surface area (Å²) in [6, 6.07) is 0. The van der Waals surface area contributed by atoms with Gasteiger partial charge < -0.3 is 15.0 Å². The van der Waals surface area contributed by atoms with E-state index in [4.69, 9.17) is 10.5 Å². The van der Waals surface area contributed by atoms with Gasteiger partial charge in [-0.1, -0.05) is 20.8 Å². The number of rotatable bonds is 8. The third-order valence-corrected chi connectivity index (χ3v) is 4.14. The molecule has 2 N–H and O–H groups in total. The fourth-order valence-electron chi connectivity index (χ4n) is 2.32. The number of hydrogen-bond donors (Lipinski definition) is 1. The van der Waals surface area contributed by atoms with Gasteiger partial charge in [-0.05, 0) is 12.8 Å². The van der Waals surface area contributed by atoms with Crippen LogP contribution < -0.4 is 5.73 Å². The predicted molar refractivity (Wildman–Crippen MR) is 88.8 cm³/mol. The van der Waals surface area contributed by atoms with Crippen molar-refractivity contribution in [2.75, 3.05) is 12.3 Å². The summed E-state index contributed by atoms with van der Waals surface area (Å²) in [7, 11) is 0. The molecule has 0 aromatic carbocycles. The summed E-state index contributed by atoms with van der Waals surface area (Å²) in [5.74, 6) is 1.06. The number of fused-ring (bicyclic) bond motifs is 1. The highest BCUT2D eigenvalue weighted by Gasteiger charge is 2.17. The third kappa shape index (κ3) is 4.25. The monoisotopic (exact) mass is 319 g/mol. The standard InChI is InChI=1S/C16H25N5O2/c1-10(2)12(4)13(22)5-6-23-11(3)7-21-9-20-14-15(17)18-8-19-16(14)21/h8-12H,5-7H2,1-4H3,(H2,17,18,19). The summed E-state index contributed by atoms with van der Waals surface area (Å²) in [4.78, 5) is 24.3. The van der Waals surface area contributed by atoms with Crippen LogP contribution in [0.25, 0.3) is 11.2 Å². The van der Waals surface area contributed by atoms with Gasteiger partial charge in [-0.2, -0.15) is 0 Å². The molecule has 126 valence electrons. The molecule has 0 radical (unpaired) electrons. The van der Waals surface area contributed by atoms with Gasteiger partial charge in [0.05, 0.1) is 25.6 Å². The van der Waals surface area contributed by atoms with Crippen LogP contribution >= 0.6 is 0 Å². The second-order valence-electron chi connectivity index (χ2n) is 6.26. The molecule has 2 rings (SSSR count). The zero-order valence-electron chi connectivity index (χ0n) is 14.2. The van der Waals surface area contributed by atoms with Gasteiger partial charge in [0.1, 0.15) is 17.6 Å². The van der Waals surface area contributed by atoms with Gasteiger partial charge in [-0.3, -0.25) is 4.79 Å². The van der Waals surface area contributed by atoms with Crippen molar-refractivity contribution in [2.24, 2.45) is 11.8 Å². The van der Waals surface area contributed by atoms with Crippen molar-refractivity contribution in [1.29, 1.82) is 0 Å². The van der Waals surface area contributed by atoms with E-state index >= 15 is 0 Å². The van der Waals surface area contributed by atoms with Gasteiger partial charge in [-0.15, -0.1) is 0 Å². The molecule has 0 aliphatic rings. The number of ketones is 1. The lowest BCUT2D eigenvalue weighted by Crippen LogP contribution is -2.21. The molecule has 0 aliphatic heterocycles. The van der Waals surface area contributed by atoms with E-state index in [9.17, 15) is 4.79 Å². The maximum absolute atomic E-state index is 12.0. The van der Waals surface area contributed by atoms with E-state index < -0.39 is 0 Å².